The smallest absolute Gasteiger partial charge is 0.232 e. The first kappa shape index (κ1) is 21.6. The lowest BCUT2D eigenvalue weighted by Crippen LogP contribution is -2.22. The largest absolute Gasteiger partial charge is 0.368 e. The molecule has 4 rings (SSSR count). The number of allylic oxidation sites excluding steroid dienone is 1. The monoisotopic (exact) mass is 454 g/mol. The summed E-state index contributed by atoms with van der Waals surface area (Å²) in [6.45, 7) is 1.47. The summed E-state index contributed by atoms with van der Waals surface area (Å²) in [6, 6.07) is 20.6. The van der Waals surface area contributed by atoms with Gasteiger partial charge in [0.2, 0.25) is 17.8 Å². The first-order chi connectivity index (χ1) is 16.0. The van der Waals surface area contributed by atoms with E-state index in [1.165, 1.54) is 23.2 Å². The molecule has 0 aliphatic heterocycles. The second kappa shape index (κ2) is 9.67. The first-order valence-corrected chi connectivity index (χ1v) is 10.7. The Hall–Kier alpha value is -4.62. The van der Waals surface area contributed by atoms with Crippen LogP contribution in [0.1, 0.15) is 18.4 Å². The number of nitrogen functional groups attached to an aromatic ring is 1. The minimum Gasteiger partial charge on any atom is -0.368 e. The van der Waals surface area contributed by atoms with Crippen molar-refractivity contribution in [1.82, 2.24) is 19.9 Å². The van der Waals surface area contributed by atoms with Crippen LogP contribution in [0.3, 0.4) is 0 Å². The van der Waals surface area contributed by atoms with Crippen molar-refractivity contribution in [2.45, 2.75) is 6.92 Å². The molecule has 2 aromatic heterocycles. The number of nitrogens with one attached hydrogen (secondary N) is 1. The Kier molecular flexibility index (Phi) is 6.33. The van der Waals surface area contributed by atoms with Gasteiger partial charge in [0.05, 0.1) is 17.0 Å². The lowest BCUT2D eigenvalue weighted by Gasteiger charge is -2.17. The highest BCUT2D eigenvalue weighted by Crippen LogP contribution is 2.30. The van der Waals surface area contributed by atoms with Crippen molar-refractivity contribution in [3.05, 3.63) is 77.6 Å². The molecule has 0 atom stereocenters. The number of hydrogen-bond acceptors (Lipinski definition) is 9. The minimum absolute atomic E-state index is 0.0228. The van der Waals surface area contributed by atoms with Crippen LogP contribution in [0.5, 0.6) is 0 Å². The van der Waals surface area contributed by atoms with Crippen LogP contribution in [-0.2, 0) is 4.79 Å². The van der Waals surface area contributed by atoms with E-state index in [1.807, 2.05) is 60.7 Å². The minimum atomic E-state index is -0.173. The summed E-state index contributed by atoms with van der Waals surface area (Å²) in [6.07, 6.45) is 1.55. The summed E-state index contributed by atoms with van der Waals surface area (Å²) in [5.41, 5.74) is 7.97. The Bertz CT molecular complexity index is 1350. The van der Waals surface area contributed by atoms with E-state index in [-0.39, 0.29) is 29.2 Å². The predicted octanol–water partition coefficient (Wildman–Crippen LogP) is 4.40. The maximum Gasteiger partial charge on any atom is 0.232 e. The maximum atomic E-state index is 12.3. The van der Waals surface area contributed by atoms with Crippen LogP contribution in [-0.4, -0.2) is 25.8 Å². The zero-order chi connectivity index (χ0) is 23.2. The Morgan fingerprint density at radius 3 is 2.42 bits per heavy atom. The van der Waals surface area contributed by atoms with Gasteiger partial charge in [-0.3, -0.25) is 9.69 Å². The Morgan fingerprint density at radius 2 is 1.76 bits per heavy atom. The summed E-state index contributed by atoms with van der Waals surface area (Å²) in [5, 5.41) is 15.0. The zero-order valence-corrected chi connectivity index (χ0v) is 18.3. The fraction of sp³-hybridized carbons (Fsp3) is 0.0435. The van der Waals surface area contributed by atoms with Crippen LogP contribution >= 0.6 is 11.3 Å². The van der Waals surface area contributed by atoms with Crippen LogP contribution < -0.4 is 16.0 Å². The number of thiazole rings is 1. The average Bonchev–Trinajstić information content (AvgIpc) is 3.26. The molecule has 0 saturated heterocycles. The molecule has 3 N–H and O–H groups in total. The number of nitriles is 1. The molecule has 1 amide bonds. The maximum absolute atomic E-state index is 12.3. The normalized spacial score (nSPS) is 11.0. The summed E-state index contributed by atoms with van der Waals surface area (Å²) < 4.78 is 0. The summed E-state index contributed by atoms with van der Waals surface area (Å²) in [5.74, 6) is 0.138. The molecular formula is C23H18N8OS. The van der Waals surface area contributed by atoms with Crippen molar-refractivity contribution in [2.75, 3.05) is 16.0 Å². The zero-order valence-electron chi connectivity index (χ0n) is 17.5. The number of anilines is 5. The number of rotatable bonds is 6. The number of carbonyl (C=O) groups is 1. The molecular weight excluding hydrogens is 436 g/mol. The third-order valence-electron chi connectivity index (χ3n) is 4.37. The molecule has 2 heterocycles. The molecule has 0 bridgehead atoms. The molecule has 10 heteroatoms. The Morgan fingerprint density at radius 1 is 1.06 bits per heavy atom. The highest BCUT2D eigenvalue weighted by atomic mass is 32.1. The Labute approximate surface area is 193 Å². The molecule has 0 radical (unpaired) electrons. The van der Waals surface area contributed by atoms with Crippen molar-refractivity contribution >= 4 is 57.3 Å². The van der Waals surface area contributed by atoms with E-state index in [1.54, 1.807) is 11.5 Å². The molecule has 0 saturated carbocycles. The van der Waals surface area contributed by atoms with Gasteiger partial charge in [0.15, 0.2) is 11.0 Å². The lowest BCUT2D eigenvalue weighted by atomic mass is 10.2. The molecule has 4 aromatic rings. The second-order valence-electron chi connectivity index (χ2n) is 6.75. The number of carbonyl (C=O) groups excluding carboxylic acids is 1. The van der Waals surface area contributed by atoms with Gasteiger partial charge in [-0.15, -0.1) is 11.3 Å². The van der Waals surface area contributed by atoms with E-state index < -0.39 is 0 Å². The highest BCUT2D eigenvalue weighted by Gasteiger charge is 2.18. The molecule has 0 fully saturated rings. The fourth-order valence-corrected chi connectivity index (χ4v) is 3.81. The number of aromatic nitrogens is 4. The summed E-state index contributed by atoms with van der Waals surface area (Å²) in [4.78, 5) is 30.8. The summed E-state index contributed by atoms with van der Waals surface area (Å²) in [7, 11) is 0. The summed E-state index contributed by atoms with van der Waals surface area (Å²) >= 11 is 1.29. The first-order valence-electron chi connectivity index (χ1n) is 9.80. The topological polar surface area (TPSA) is 134 Å². The molecule has 0 aliphatic rings. The van der Waals surface area contributed by atoms with Gasteiger partial charge in [-0.1, -0.05) is 36.4 Å². The van der Waals surface area contributed by atoms with Crippen molar-refractivity contribution < 1.29 is 4.79 Å². The van der Waals surface area contributed by atoms with Crippen molar-refractivity contribution in [2.24, 2.45) is 0 Å². The molecule has 0 aliphatic carbocycles. The van der Waals surface area contributed by atoms with Gasteiger partial charge in [0, 0.05) is 18.0 Å². The van der Waals surface area contributed by atoms with Gasteiger partial charge < -0.3 is 11.1 Å². The molecule has 0 unspecified atom stereocenters. The van der Waals surface area contributed by atoms with Crippen LogP contribution in [0.25, 0.3) is 11.6 Å². The third-order valence-corrected chi connectivity index (χ3v) is 5.21. The van der Waals surface area contributed by atoms with E-state index in [0.717, 1.165) is 5.69 Å². The lowest BCUT2D eigenvalue weighted by molar-refractivity contribution is -0.115. The number of nitrogens with zero attached hydrogens (tertiary/aromatic N) is 6. The quantitative estimate of drug-likeness (QED) is 0.409. The van der Waals surface area contributed by atoms with E-state index in [4.69, 9.17) is 5.73 Å². The molecule has 162 valence electrons. The third kappa shape index (κ3) is 5.17. The van der Waals surface area contributed by atoms with Crippen LogP contribution in [0, 0.1) is 11.3 Å². The van der Waals surface area contributed by atoms with Gasteiger partial charge in [0.1, 0.15) is 6.07 Å². The standard InChI is InChI=1S/C23H18N8OS/c1-15(32)31(19-10-6-3-7-11-19)23-27-18(14-33-23)12-16(13-24)20-28-21(25)30-22(29-20)26-17-8-4-2-5-9-17/h2-12,14H,1H3,(H3,25,26,28,29,30)/b16-12+. The van der Waals surface area contributed by atoms with Crippen molar-refractivity contribution in [1.29, 1.82) is 5.26 Å². The number of benzene rings is 2. The number of nitrogens with two attached hydrogens (primary N) is 1. The fourth-order valence-electron chi connectivity index (χ4n) is 2.96. The average molecular weight is 455 g/mol. The van der Waals surface area contributed by atoms with Gasteiger partial charge >= 0.3 is 0 Å². The van der Waals surface area contributed by atoms with E-state index in [0.29, 0.717) is 16.5 Å². The van der Waals surface area contributed by atoms with E-state index >= 15 is 0 Å². The van der Waals surface area contributed by atoms with Gasteiger partial charge in [-0.25, -0.2) is 4.98 Å². The Balaban J connectivity index is 1.64. The second-order valence-corrected chi connectivity index (χ2v) is 7.58. The van der Waals surface area contributed by atoms with Gasteiger partial charge in [0.25, 0.3) is 0 Å². The van der Waals surface area contributed by atoms with Crippen LogP contribution in [0.4, 0.5) is 28.4 Å². The van der Waals surface area contributed by atoms with Crippen molar-refractivity contribution in [3.8, 4) is 6.07 Å². The molecule has 9 nitrogen and oxygen atoms in total. The van der Waals surface area contributed by atoms with E-state index in [2.05, 4.69) is 31.3 Å². The predicted molar refractivity (Wildman–Crippen MR) is 129 cm³/mol. The molecule has 2 aromatic carbocycles. The van der Waals surface area contributed by atoms with E-state index in [9.17, 15) is 10.1 Å². The number of para-hydroxylation sites is 2. The number of hydrogen-bond donors (Lipinski definition) is 2. The van der Waals surface area contributed by atoms with Gasteiger partial charge in [-0.05, 0) is 30.3 Å². The van der Waals surface area contributed by atoms with Crippen LogP contribution in [0.2, 0.25) is 0 Å². The molecule has 33 heavy (non-hydrogen) atoms. The highest BCUT2D eigenvalue weighted by molar-refractivity contribution is 7.14. The number of amides is 1. The van der Waals surface area contributed by atoms with Gasteiger partial charge in [-0.2, -0.15) is 20.2 Å². The van der Waals surface area contributed by atoms with Crippen LogP contribution in [0.15, 0.2) is 66.0 Å². The van der Waals surface area contributed by atoms with Crippen molar-refractivity contribution in [3.63, 3.8) is 0 Å². The molecule has 0 spiro atoms. The SMILES string of the molecule is CC(=O)N(c1ccccc1)c1nc(/C=C(\C#N)c2nc(N)nc(Nc3ccccc3)n2)cs1.